The van der Waals surface area contributed by atoms with Gasteiger partial charge in [-0.1, -0.05) is 41.4 Å². The minimum atomic E-state index is -3.53. The van der Waals surface area contributed by atoms with E-state index < -0.39 is 15.8 Å². The molecule has 5 nitrogen and oxygen atoms in total. The number of hydrogen-bond donors (Lipinski definition) is 0. The van der Waals surface area contributed by atoms with Crippen LogP contribution in [0.25, 0.3) is 0 Å². The second kappa shape index (κ2) is 7.88. The summed E-state index contributed by atoms with van der Waals surface area (Å²) in [7, 11) is -3.53. The molecule has 2 aromatic carbocycles. The summed E-state index contributed by atoms with van der Waals surface area (Å²) in [6, 6.07) is 10.8. The van der Waals surface area contributed by atoms with Crippen LogP contribution < -0.4 is 4.74 Å². The van der Waals surface area contributed by atoms with Gasteiger partial charge in [0.15, 0.2) is 15.6 Å². The number of para-hydroxylation sites is 1. The summed E-state index contributed by atoms with van der Waals surface area (Å²) in [5.74, 6) is -0.446. The fraction of sp³-hybridized carbons (Fsp3) is 0.188. The Kier molecular flexibility index (Phi) is 6.10. The predicted molar refractivity (Wildman–Crippen MR) is 91.8 cm³/mol. The minimum absolute atomic E-state index is 0.0178. The monoisotopic (exact) mass is 388 g/mol. The van der Waals surface area contributed by atoms with Gasteiger partial charge in [0.05, 0.1) is 20.5 Å². The van der Waals surface area contributed by atoms with Gasteiger partial charge in [0.25, 0.3) is 0 Å². The molecule has 2 rings (SSSR count). The van der Waals surface area contributed by atoms with E-state index in [2.05, 4.69) is 0 Å². The molecule has 0 unspecified atom stereocenters. The van der Waals surface area contributed by atoms with Gasteiger partial charge in [-0.05, 0) is 24.3 Å². The van der Waals surface area contributed by atoms with E-state index in [9.17, 15) is 13.2 Å². The van der Waals surface area contributed by atoms with Crippen LogP contribution in [0.4, 0.5) is 0 Å². The molecule has 0 radical (unpaired) electrons. The maximum Gasteiger partial charge on any atom is 0.339 e. The average molecular weight is 389 g/mol. The Hall–Kier alpha value is -1.76. The largest absolute Gasteiger partial charge is 0.487 e. The van der Waals surface area contributed by atoms with Gasteiger partial charge in [-0.2, -0.15) is 0 Å². The first kappa shape index (κ1) is 18.6. The van der Waals surface area contributed by atoms with Crippen LogP contribution in [0.2, 0.25) is 10.0 Å². The third-order valence-corrected chi connectivity index (χ3v) is 4.74. The third kappa shape index (κ3) is 4.63. The van der Waals surface area contributed by atoms with Gasteiger partial charge in [-0.3, -0.25) is 0 Å². The molecular formula is C16H14Cl2O5S. The van der Waals surface area contributed by atoms with E-state index in [1.165, 1.54) is 18.2 Å². The number of rotatable bonds is 6. The van der Waals surface area contributed by atoms with Gasteiger partial charge in [-0.25, -0.2) is 13.2 Å². The number of ether oxygens (including phenoxy) is 2. The number of esters is 1. The highest BCUT2D eigenvalue weighted by atomic mass is 35.5. The van der Waals surface area contributed by atoms with Gasteiger partial charge in [0.1, 0.15) is 13.2 Å². The van der Waals surface area contributed by atoms with E-state index >= 15 is 0 Å². The molecule has 0 aliphatic carbocycles. The Labute approximate surface area is 150 Å². The number of hydrogen-bond acceptors (Lipinski definition) is 5. The summed E-state index contributed by atoms with van der Waals surface area (Å²) in [5, 5.41) is 0.687. The summed E-state index contributed by atoms with van der Waals surface area (Å²) >= 11 is 11.9. The van der Waals surface area contributed by atoms with E-state index in [1.54, 1.807) is 24.3 Å². The smallest absolute Gasteiger partial charge is 0.339 e. The molecule has 0 aliphatic rings. The third-order valence-electron chi connectivity index (χ3n) is 2.99. The van der Waals surface area contributed by atoms with Crippen LogP contribution >= 0.6 is 23.2 Å². The highest BCUT2D eigenvalue weighted by Gasteiger charge is 2.19. The van der Waals surface area contributed by atoms with Crippen LogP contribution in [0.3, 0.4) is 0 Å². The molecule has 0 spiro atoms. The number of sulfone groups is 1. The molecule has 2 aromatic rings. The maximum atomic E-state index is 12.1. The molecule has 0 fully saturated rings. The molecule has 0 N–H and O–H groups in total. The first-order valence-electron chi connectivity index (χ1n) is 6.83. The second-order valence-electron chi connectivity index (χ2n) is 4.80. The zero-order valence-electron chi connectivity index (χ0n) is 12.7. The quantitative estimate of drug-likeness (QED) is 0.558. The highest BCUT2D eigenvalue weighted by molar-refractivity contribution is 7.90. The van der Waals surface area contributed by atoms with Gasteiger partial charge in [-0.15, -0.1) is 0 Å². The van der Waals surface area contributed by atoms with Crippen molar-refractivity contribution in [3.63, 3.8) is 0 Å². The van der Waals surface area contributed by atoms with Crippen LogP contribution in [0.5, 0.6) is 5.75 Å². The lowest BCUT2D eigenvalue weighted by Crippen LogP contribution is -2.15. The van der Waals surface area contributed by atoms with E-state index in [1.807, 2.05) is 0 Å². The predicted octanol–water partition coefficient (Wildman–Crippen LogP) is 3.63. The molecule has 0 saturated heterocycles. The molecular weight excluding hydrogens is 375 g/mol. The first-order valence-corrected chi connectivity index (χ1v) is 9.48. The van der Waals surface area contributed by atoms with Gasteiger partial charge >= 0.3 is 5.97 Å². The summed E-state index contributed by atoms with van der Waals surface area (Å²) in [6.45, 7) is -0.0608. The van der Waals surface area contributed by atoms with Crippen molar-refractivity contribution in [2.24, 2.45) is 0 Å². The second-order valence-corrected chi connectivity index (χ2v) is 7.60. The van der Waals surface area contributed by atoms with Crippen molar-refractivity contribution in [2.75, 3.05) is 19.5 Å². The lowest BCUT2D eigenvalue weighted by Gasteiger charge is -2.11. The number of halogens is 2. The topological polar surface area (TPSA) is 69.7 Å². The molecule has 128 valence electrons. The fourth-order valence-corrected chi connectivity index (χ4v) is 3.32. The van der Waals surface area contributed by atoms with E-state index in [-0.39, 0.29) is 23.7 Å². The molecule has 0 aromatic heterocycles. The van der Waals surface area contributed by atoms with Crippen molar-refractivity contribution in [2.45, 2.75) is 4.90 Å². The molecule has 0 heterocycles. The van der Waals surface area contributed by atoms with Crippen LogP contribution in [0, 0.1) is 0 Å². The number of carbonyl (C=O) groups excluding carboxylic acids is 1. The number of carbonyl (C=O) groups is 1. The van der Waals surface area contributed by atoms with Crippen molar-refractivity contribution in [3.05, 3.63) is 58.1 Å². The zero-order chi connectivity index (χ0) is 17.7. The lowest BCUT2D eigenvalue weighted by atomic mass is 10.2. The molecule has 0 amide bonds. The molecule has 24 heavy (non-hydrogen) atoms. The van der Waals surface area contributed by atoms with E-state index in [0.29, 0.717) is 15.8 Å². The summed E-state index contributed by atoms with van der Waals surface area (Å²) in [5.41, 5.74) is -0.0178. The fourth-order valence-electron chi connectivity index (χ4n) is 1.93. The number of benzene rings is 2. The van der Waals surface area contributed by atoms with E-state index in [4.69, 9.17) is 32.7 Å². The zero-order valence-corrected chi connectivity index (χ0v) is 15.0. The SMILES string of the molecule is CS(=O)(=O)c1ccccc1C(=O)OCCOc1c(Cl)cccc1Cl. The van der Waals surface area contributed by atoms with Crippen LogP contribution in [-0.4, -0.2) is 33.9 Å². The van der Waals surface area contributed by atoms with Gasteiger partial charge in [0, 0.05) is 6.26 Å². The van der Waals surface area contributed by atoms with E-state index in [0.717, 1.165) is 6.26 Å². The molecule has 8 heteroatoms. The van der Waals surface area contributed by atoms with Crippen molar-refractivity contribution >= 4 is 39.0 Å². The van der Waals surface area contributed by atoms with Crippen LogP contribution in [0.1, 0.15) is 10.4 Å². The van der Waals surface area contributed by atoms with Gasteiger partial charge in [0.2, 0.25) is 0 Å². The minimum Gasteiger partial charge on any atom is -0.487 e. The molecule has 0 saturated carbocycles. The highest BCUT2D eigenvalue weighted by Crippen LogP contribution is 2.32. The Bertz CT molecular complexity index is 829. The van der Waals surface area contributed by atoms with Crippen molar-refractivity contribution < 1.29 is 22.7 Å². The van der Waals surface area contributed by atoms with Gasteiger partial charge < -0.3 is 9.47 Å². The Morgan fingerprint density at radius 2 is 1.62 bits per heavy atom. The van der Waals surface area contributed by atoms with Crippen LogP contribution in [0.15, 0.2) is 47.4 Å². The van der Waals surface area contributed by atoms with Crippen molar-refractivity contribution in [3.8, 4) is 5.75 Å². The Morgan fingerprint density at radius 1 is 1.00 bits per heavy atom. The Balaban J connectivity index is 1.98. The van der Waals surface area contributed by atoms with Crippen molar-refractivity contribution in [1.29, 1.82) is 0 Å². The lowest BCUT2D eigenvalue weighted by molar-refractivity contribution is 0.0446. The van der Waals surface area contributed by atoms with Crippen molar-refractivity contribution in [1.82, 2.24) is 0 Å². The average Bonchev–Trinajstić information content (AvgIpc) is 2.52. The summed E-state index contributed by atoms with van der Waals surface area (Å²) in [4.78, 5) is 12.0. The normalized spacial score (nSPS) is 11.1. The molecule has 0 bridgehead atoms. The standard InChI is InChI=1S/C16H14Cl2O5S/c1-24(20,21)14-8-3-2-5-11(14)16(19)23-10-9-22-15-12(17)6-4-7-13(15)18/h2-8H,9-10H2,1H3. The first-order chi connectivity index (χ1) is 11.3. The summed E-state index contributed by atoms with van der Waals surface area (Å²) in [6.07, 6.45) is 1.03. The summed E-state index contributed by atoms with van der Waals surface area (Å²) < 4.78 is 33.8. The molecule has 0 atom stereocenters. The molecule has 0 aliphatic heterocycles. The van der Waals surface area contributed by atoms with Crippen LogP contribution in [-0.2, 0) is 14.6 Å². The Morgan fingerprint density at radius 3 is 2.25 bits per heavy atom. The maximum absolute atomic E-state index is 12.1.